The number of carbonyl (C=O) groups excluding carboxylic acids is 1. The zero-order valence-corrected chi connectivity index (χ0v) is 20.4. The molecule has 2 bridgehead atoms. The van der Waals surface area contributed by atoms with Gasteiger partial charge in [0.05, 0.1) is 22.8 Å². The van der Waals surface area contributed by atoms with E-state index in [0.29, 0.717) is 22.6 Å². The third-order valence-electron chi connectivity index (χ3n) is 7.08. The number of carbonyl (C=O) groups is 1. The summed E-state index contributed by atoms with van der Waals surface area (Å²) in [6.07, 6.45) is 3.61. The van der Waals surface area contributed by atoms with E-state index in [2.05, 4.69) is 15.1 Å². The molecule has 1 aliphatic carbocycles. The molecule has 0 saturated carbocycles. The molecule has 0 radical (unpaired) electrons. The molecule has 6 rings (SSSR count). The Kier molecular flexibility index (Phi) is 4.38. The Balaban J connectivity index is 1.58. The van der Waals surface area contributed by atoms with Crippen molar-refractivity contribution in [3.8, 4) is 16.9 Å². The van der Waals surface area contributed by atoms with Crippen LogP contribution in [-0.2, 0) is 5.54 Å². The lowest BCUT2D eigenvalue weighted by molar-refractivity contribution is -0.0505. The van der Waals surface area contributed by atoms with Crippen molar-refractivity contribution in [3.63, 3.8) is 0 Å². The maximum atomic E-state index is 13.6. The molecular weight excluding hydrogens is 478 g/mol. The summed E-state index contributed by atoms with van der Waals surface area (Å²) in [5.74, 6) is -1.04. The number of ether oxygens (including phenoxy) is 1. The molecular formula is C27H26F2N6O2. The van der Waals surface area contributed by atoms with Crippen LogP contribution in [0.15, 0.2) is 42.7 Å². The first-order chi connectivity index (χ1) is 18.8. The minimum atomic E-state index is -3.12. The van der Waals surface area contributed by atoms with Crippen molar-refractivity contribution in [2.45, 2.75) is 51.3 Å². The summed E-state index contributed by atoms with van der Waals surface area (Å²) < 4.78 is 57.8. The molecule has 37 heavy (non-hydrogen) atoms. The lowest BCUT2D eigenvalue weighted by Gasteiger charge is -2.23. The molecule has 8 nitrogen and oxygen atoms in total. The SMILES string of the molecule is [2H]C([2H])([2H])N1C(=O)c2cccc(OC(F)F)c2[C@H]2C[C@@H]1c1nn3ccc(-c4cnc(C(C)(C)N)nc4C)cc3c12. The summed E-state index contributed by atoms with van der Waals surface area (Å²) in [4.78, 5) is 23.5. The number of halogens is 2. The number of hydrogen-bond acceptors (Lipinski definition) is 6. The Hall–Kier alpha value is -3.92. The highest BCUT2D eigenvalue weighted by molar-refractivity contribution is 5.98. The fourth-order valence-electron chi connectivity index (χ4n) is 5.42. The van der Waals surface area contributed by atoms with Crippen LogP contribution in [0.5, 0.6) is 5.75 Å². The molecule has 1 amide bonds. The Bertz CT molecular complexity index is 1680. The Morgan fingerprint density at radius 3 is 2.76 bits per heavy atom. The van der Waals surface area contributed by atoms with Gasteiger partial charge >= 0.3 is 6.61 Å². The topological polar surface area (TPSA) is 98.6 Å². The van der Waals surface area contributed by atoms with Gasteiger partial charge in [-0.25, -0.2) is 14.5 Å². The van der Waals surface area contributed by atoms with Gasteiger partial charge in [0.15, 0.2) is 0 Å². The number of nitrogens with two attached hydrogens (primary N) is 1. The van der Waals surface area contributed by atoms with Crippen LogP contribution in [0.1, 0.15) is 75.0 Å². The maximum absolute atomic E-state index is 13.6. The minimum Gasteiger partial charge on any atom is -0.434 e. The summed E-state index contributed by atoms with van der Waals surface area (Å²) in [6, 6.07) is 7.08. The smallest absolute Gasteiger partial charge is 0.387 e. The number of rotatable bonds is 4. The number of pyridine rings is 1. The van der Waals surface area contributed by atoms with Crippen LogP contribution in [0.25, 0.3) is 16.6 Å². The summed E-state index contributed by atoms with van der Waals surface area (Å²) in [5.41, 5.74) is 9.72. The third kappa shape index (κ3) is 3.58. The Morgan fingerprint density at radius 1 is 1.24 bits per heavy atom. The molecule has 3 aromatic heterocycles. The van der Waals surface area contributed by atoms with Crippen molar-refractivity contribution in [2.75, 3.05) is 6.98 Å². The highest BCUT2D eigenvalue weighted by Gasteiger charge is 2.46. The van der Waals surface area contributed by atoms with Crippen molar-refractivity contribution in [1.82, 2.24) is 24.5 Å². The van der Waals surface area contributed by atoms with E-state index < -0.39 is 37.0 Å². The first-order valence-corrected chi connectivity index (χ1v) is 11.8. The number of aryl methyl sites for hydroxylation is 1. The summed E-state index contributed by atoms with van der Waals surface area (Å²) in [5, 5.41) is 4.68. The highest BCUT2D eigenvalue weighted by atomic mass is 19.3. The van der Waals surface area contributed by atoms with Crippen LogP contribution < -0.4 is 10.5 Å². The van der Waals surface area contributed by atoms with E-state index in [0.717, 1.165) is 21.7 Å². The van der Waals surface area contributed by atoms with Gasteiger partial charge in [0, 0.05) is 57.3 Å². The third-order valence-corrected chi connectivity index (χ3v) is 7.08. The molecule has 190 valence electrons. The largest absolute Gasteiger partial charge is 0.434 e. The van der Waals surface area contributed by atoms with Gasteiger partial charge in [-0.1, -0.05) is 6.07 Å². The average Bonchev–Trinajstić information content (AvgIpc) is 3.35. The van der Waals surface area contributed by atoms with Crippen molar-refractivity contribution in [3.05, 3.63) is 76.6 Å². The molecule has 0 fully saturated rings. The van der Waals surface area contributed by atoms with Gasteiger partial charge in [0.1, 0.15) is 11.6 Å². The number of amides is 1. The molecule has 2 atom stereocenters. The van der Waals surface area contributed by atoms with E-state index in [1.54, 1.807) is 16.9 Å². The first kappa shape index (κ1) is 20.2. The normalized spacial score (nSPS) is 20.4. The minimum absolute atomic E-state index is 0.0205. The molecule has 10 heteroatoms. The number of aromatic nitrogens is 4. The van der Waals surface area contributed by atoms with Gasteiger partial charge in [0.25, 0.3) is 5.91 Å². The summed E-state index contributed by atoms with van der Waals surface area (Å²) in [6.45, 7) is -0.413. The zero-order valence-electron chi connectivity index (χ0n) is 23.4. The second kappa shape index (κ2) is 8.04. The van der Waals surface area contributed by atoms with Gasteiger partial charge in [-0.15, -0.1) is 0 Å². The maximum Gasteiger partial charge on any atom is 0.387 e. The summed E-state index contributed by atoms with van der Waals surface area (Å²) >= 11 is 0. The lowest BCUT2D eigenvalue weighted by Crippen LogP contribution is -2.31. The molecule has 1 aromatic carbocycles. The lowest BCUT2D eigenvalue weighted by atomic mass is 9.88. The predicted molar refractivity (Wildman–Crippen MR) is 133 cm³/mol. The first-order valence-electron chi connectivity index (χ1n) is 13.3. The van der Waals surface area contributed by atoms with E-state index in [-0.39, 0.29) is 23.3 Å². The highest BCUT2D eigenvalue weighted by Crippen LogP contribution is 2.53. The van der Waals surface area contributed by atoms with Crippen LogP contribution in [0.2, 0.25) is 0 Å². The van der Waals surface area contributed by atoms with E-state index in [4.69, 9.17) is 14.6 Å². The molecule has 2 aliphatic rings. The number of nitrogens with zero attached hydrogens (tertiary/aromatic N) is 5. The van der Waals surface area contributed by atoms with Crippen LogP contribution in [0, 0.1) is 6.92 Å². The van der Waals surface area contributed by atoms with Gasteiger partial charge in [0.2, 0.25) is 0 Å². The van der Waals surface area contributed by atoms with Crippen LogP contribution in [-0.4, -0.2) is 44.0 Å². The Morgan fingerprint density at radius 2 is 2.05 bits per heavy atom. The average molecular weight is 508 g/mol. The molecule has 0 saturated heterocycles. The van der Waals surface area contributed by atoms with Gasteiger partial charge in [-0.3, -0.25) is 4.79 Å². The number of hydrogen-bond donors (Lipinski definition) is 1. The van der Waals surface area contributed by atoms with Gasteiger partial charge < -0.3 is 15.4 Å². The molecule has 4 heterocycles. The van der Waals surface area contributed by atoms with E-state index >= 15 is 0 Å². The second-order valence-electron chi connectivity index (χ2n) is 10.0. The standard InChI is InChI=1S/C27H26F2N6O2/c1-13-17(12-31-25(32-13)27(2,3)30)14-8-9-35-18(10-14)22-16-11-19(23(22)33-35)34(4)24(36)15-6-5-7-20(21(15)16)37-26(28)29/h5-10,12,16,19,26H,11,30H2,1-4H3/t16-,19-/m1/s1/i4D3. The quantitative estimate of drug-likeness (QED) is 0.435. The van der Waals surface area contributed by atoms with Crippen LogP contribution in [0.4, 0.5) is 8.78 Å². The number of fused-ring (bicyclic) bond motifs is 9. The molecule has 1 aliphatic heterocycles. The molecule has 4 aromatic rings. The molecule has 2 N–H and O–H groups in total. The number of benzene rings is 1. The van der Waals surface area contributed by atoms with Crippen molar-refractivity contribution >= 4 is 11.4 Å². The predicted octanol–water partition coefficient (Wildman–Crippen LogP) is 4.56. The fourth-order valence-corrected chi connectivity index (χ4v) is 5.42. The van der Waals surface area contributed by atoms with Gasteiger partial charge in [-0.2, -0.15) is 13.9 Å². The monoisotopic (exact) mass is 507 g/mol. The zero-order chi connectivity index (χ0) is 28.7. The van der Waals surface area contributed by atoms with Crippen molar-refractivity contribution in [1.29, 1.82) is 0 Å². The van der Waals surface area contributed by atoms with E-state index in [9.17, 15) is 13.6 Å². The van der Waals surface area contributed by atoms with Gasteiger partial charge in [-0.05, 0) is 57.0 Å². The van der Waals surface area contributed by atoms with E-state index in [1.165, 1.54) is 18.2 Å². The number of alkyl halides is 2. The second-order valence-corrected chi connectivity index (χ2v) is 10.0. The van der Waals surface area contributed by atoms with Crippen LogP contribution >= 0.6 is 0 Å². The summed E-state index contributed by atoms with van der Waals surface area (Å²) in [7, 11) is 0. The molecule has 0 spiro atoms. The fraction of sp³-hybridized carbons (Fsp3) is 0.333. The van der Waals surface area contributed by atoms with Crippen molar-refractivity contribution < 1.29 is 22.4 Å². The Labute approximate surface area is 216 Å². The van der Waals surface area contributed by atoms with E-state index in [1.807, 2.05) is 32.9 Å². The van der Waals surface area contributed by atoms with Crippen LogP contribution in [0.3, 0.4) is 0 Å². The molecule has 0 unspecified atom stereocenters. The van der Waals surface area contributed by atoms with Crippen molar-refractivity contribution in [2.24, 2.45) is 5.73 Å².